The Labute approximate surface area is 126 Å². The third kappa shape index (κ3) is 1.23. The molecule has 0 spiro atoms. The Morgan fingerprint density at radius 2 is 1.67 bits per heavy atom. The van der Waals surface area contributed by atoms with Crippen molar-refractivity contribution in [2.45, 2.75) is 32.2 Å². The van der Waals surface area contributed by atoms with Crippen LogP contribution < -0.4 is 5.32 Å². The number of aryl methyl sites for hydroxylation is 1. The Morgan fingerprint density at radius 1 is 0.952 bits per heavy atom. The van der Waals surface area contributed by atoms with E-state index in [1.807, 2.05) is 19.3 Å². The topological polar surface area (TPSA) is 37.8 Å². The minimum Gasteiger partial charge on any atom is -0.313 e. The maximum atomic E-state index is 4.48. The molecule has 6 aliphatic carbocycles. The van der Waals surface area contributed by atoms with Gasteiger partial charge in [0, 0.05) is 31.4 Å². The first-order chi connectivity index (χ1) is 10.3. The van der Waals surface area contributed by atoms with Crippen molar-refractivity contribution in [2.24, 2.45) is 47.3 Å². The van der Waals surface area contributed by atoms with Crippen LogP contribution in [-0.4, -0.2) is 22.6 Å². The van der Waals surface area contributed by atoms with Gasteiger partial charge in [-0.2, -0.15) is 0 Å². The molecule has 6 fully saturated rings. The van der Waals surface area contributed by atoms with Gasteiger partial charge in [-0.1, -0.05) is 0 Å². The van der Waals surface area contributed by atoms with Gasteiger partial charge in [0.15, 0.2) is 0 Å². The number of hydrogen-bond acceptors (Lipinski definition) is 3. The van der Waals surface area contributed by atoms with Crippen molar-refractivity contribution in [1.82, 2.24) is 15.3 Å². The molecule has 6 aliphatic rings. The summed E-state index contributed by atoms with van der Waals surface area (Å²) >= 11 is 0. The number of rotatable bonds is 4. The van der Waals surface area contributed by atoms with Gasteiger partial charge >= 0.3 is 0 Å². The van der Waals surface area contributed by atoms with Crippen molar-refractivity contribution < 1.29 is 0 Å². The average Bonchev–Trinajstić information content (AvgIpc) is 3.19. The summed E-state index contributed by atoms with van der Waals surface area (Å²) in [5.74, 6) is 8.91. The van der Waals surface area contributed by atoms with Gasteiger partial charge in [0.2, 0.25) is 0 Å². The van der Waals surface area contributed by atoms with Crippen LogP contribution in [0.5, 0.6) is 0 Å². The molecule has 7 rings (SSSR count). The van der Waals surface area contributed by atoms with Crippen molar-refractivity contribution in [2.75, 3.05) is 6.54 Å². The predicted molar refractivity (Wildman–Crippen MR) is 79.4 cm³/mol. The molecule has 1 N–H and O–H groups in total. The molecule has 0 aliphatic heterocycles. The van der Waals surface area contributed by atoms with Gasteiger partial charge in [-0.3, -0.25) is 9.97 Å². The second-order valence-corrected chi connectivity index (χ2v) is 8.32. The van der Waals surface area contributed by atoms with E-state index in [2.05, 4.69) is 15.3 Å². The summed E-state index contributed by atoms with van der Waals surface area (Å²) in [5.41, 5.74) is 2.15. The highest BCUT2D eigenvalue weighted by atomic mass is 15.0. The van der Waals surface area contributed by atoms with Gasteiger partial charge in [-0.05, 0) is 67.1 Å². The molecule has 8 unspecified atom stereocenters. The summed E-state index contributed by atoms with van der Waals surface area (Å²) < 4.78 is 0. The summed E-state index contributed by atoms with van der Waals surface area (Å²) in [6.07, 6.45) is 8.05. The van der Waals surface area contributed by atoms with Gasteiger partial charge < -0.3 is 5.32 Å². The van der Waals surface area contributed by atoms with Crippen LogP contribution in [0, 0.1) is 54.3 Å². The largest absolute Gasteiger partial charge is 0.313 e. The lowest BCUT2D eigenvalue weighted by molar-refractivity contribution is 0.132. The Hall–Kier alpha value is -0.960. The zero-order valence-electron chi connectivity index (χ0n) is 12.6. The first-order valence-electron chi connectivity index (χ1n) is 8.84. The highest BCUT2D eigenvalue weighted by Crippen LogP contribution is 2.82. The minimum atomic E-state index is 0.853. The summed E-state index contributed by atoms with van der Waals surface area (Å²) in [4.78, 5) is 8.84. The summed E-state index contributed by atoms with van der Waals surface area (Å²) in [6, 6.07) is 0.853. The minimum absolute atomic E-state index is 0.853. The zero-order chi connectivity index (χ0) is 13.7. The third-order valence-electron chi connectivity index (χ3n) is 7.92. The van der Waals surface area contributed by atoms with Crippen LogP contribution in [0.3, 0.4) is 0 Å². The predicted octanol–water partition coefficient (Wildman–Crippen LogP) is 2.06. The number of aromatic nitrogens is 2. The second kappa shape index (κ2) is 3.68. The quantitative estimate of drug-likeness (QED) is 0.918. The van der Waals surface area contributed by atoms with Crippen LogP contribution in [0.25, 0.3) is 0 Å². The normalized spacial score (nSPS) is 53.7. The van der Waals surface area contributed by atoms with Crippen LogP contribution >= 0.6 is 0 Å². The van der Waals surface area contributed by atoms with E-state index in [-0.39, 0.29) is 0 Å². The molecule has 0 aromatic carbocycles. The summed E-state index contributed by atoms with van der Waals surface area (Å²) in [6.45, 7) is 3.09. The molecule has 110 valence electrons. The highest BCUT2D eigenvalue weighted by molar-refractivity contribution is 5.29. The molecule has 1 aromatic rings. The van der Waals surface area contributed by atoms with Crippen molar-refractivity contribution in [3.63, 3.8) is 0 Å². The number of nitrogens with one attached hydrogen (secondary N) is 1. The van der Waals surface area contributed by atoms with E-state index >= 15 is 0 Å². The summed E-state index contributed by atoms with van der Waals surface area (Å²) in [5, 5.41) is 3.95. The van der Waals surface area contributed by atoms with Crippen LogP contribution in [0.15, 0.2) is 12.4 Å². The molecule has 6 bridgehead atoms. The molecule has 3 nitrogen and oxygen atoms in total. The summed E-state index contributed by atoms with van der Waals surface area (Å²) in [7, 11) is 0. The molecule has 1 heterocycles. The van der Waals surface area contributed by atoms with Crippen LogP contribution in [0.1, 0.15) is 24.2 Å². The lowest BCUT2D eigenvalue weighted by atomic mass is 9.71. The first kappa shape index (κ1) is 11.6. The van der Waals surface area contributed by atoms with Crippen molar-refractivity contribution in [3.8, 4) is 0 Å². The maximum Gasteiger partial charge on any atom is 0.0599 e. The fourth-order valence-corrected chi connectivity index (χ4v) is 7.81. The van der Waals surface area contributed by atoms with E-state index in [1.54, 1.807) is 12.8 Å². The standard InChI is InChI=1S/C18H23N3/c1-8-6-21-9(7-20-8)2-3-19-18-16-12-4-10-11-5-13(14(10)16)17(18)15(11)12/h6-7,10-19H,2-5H2,1H3. The Balaban J connectivity index is 1.17. The fraction of sp³-hybridized carbons (Fsp3) is 0.778. The lowest BCUT2D eigenvalue weighted by Gasteiger charge is -2.33. The molecule has 21 heavy (non-hydrogen) atoms. The van der Waals surface area contributed by atoms with Crippen LogP contribution in [0.2, 0.25) is 0 Å². The molecule has 0 radical (unpaired) electrons. The highest BCUT2D eigenvalue weighted by Gasteiger charge is 2.79. The molecule has 3 heteroatoms. The van der Waals surface area contributed by atoms with E-state index in [0.29, 0.717) is 0 Å². The maximum absolute atomic E-state index is 4.48. The smallest absolute Gasteiger partial charge is 0.0599 e. The van der Waals surface area contributed by atoms with E-state index in [0.717, 1.165) is 77.7 Å². The second-order valence-electron chi connectivity index (χ2n) is 8.32. The Bertz CT molecular complexity index is 569. The van der Waals surface area contributed by atoms with E-state index in [1.165, 1.54) is 0 Å². The van der Waals surface area contributed by atoms with Crippen LogP contribution in [0.4, 0.5) is 0 Å². The van der Waals surface area contributed by atoms with Crippen molar-refractivity contribution >= 4 is 0 Å². The van der Waals surface area contributed by atoms with Crippen LogP contribution in [-0.2, 0) is 6.42 Å². The molecule has 0 amide bonds. The van der Waals surface area contributed by atoms with Gasteiger partial charge in [0.05, 0.1) is 11.4 Å². The Morgan fingerprint density at radius 3 is 2.29 bits per heavy atom. The number of hydrogen-bond donors (Lipinski definition) is 1. The van der Waals surface area contributed by atoms with Gasteiger partial charge in [0.25, 0.3) is 0 Å². The zero-order valence-corrected chi connectivity index (χ0v) is 12.6. The molecule has 0 saturated heterocycles. The SMILES string of the molecule is Cc1cnc(CCNC2C3C4CC5C6CC(C53)C2C64)cn1. The van der Waals surface area contributed by atoms with E-state index in [9.17, 15) is 0 Å². The molecular weight excluding hydrogens is 258 g/mol. The number of nitrogens with zero attached hydrogens (tertiary/aromatic N) is 2. The monoisotopic (exact) mass is 281 g/mol. The van der Waals surface area contributed by atoms with Gasteiger partial charge in [0.1, 0.15) is 0 Å². The Kier molecular flexibility index (Phi) is 2.03. The molecule has 6 saturated carbocycles. The molecular formula is C18H23N3. The lowest BCUT2D eigenvalue weighted by Crippen LogP contribution is -2.36. The molecule has 8 atom stereocenters. The van der Waals surface area contributed by atoms with E-state index in [4.69, 9.17) is 0 Å². The first-order valence-corrected chi connectivity index (χ1v) is 8.84. The fourth-order valence-electron chi connectivity index (χ4n) is 7.81. The van der Waals surface area contributed by atoms with Crippen molar-refractivity contribution in [3.05, 3.63) is 23.8 Å². The molecule has 1 aromatic heterocycles. The van der Waals surface area contributed by atoms with Crippen molar-refractivity contribution in [1.29, 1.82) is 0 Å². The van der Waals surface area contributed by atoms with Gasteiger partial charge in [-0.15, -0.1) is 0 Å². The third-order valence-corrected chi connectivity index (χ3v) is 7.92. The van der Waals surface area contributed by atoms with E-state index < -0.39 is 0 Å². The average molecular weight is 281 g/mol. The van der Waals surface area contributed by atoms with Gasteiger partial charge in [-0.25, -0.2) is 0 Å².